The van der Waals surface area contributed by atoms with Gasteiger partial charge < -0.3 is 15.0 Å². The van der Waals surface area contributed by atoms with Crippen molar-refractivity contribution in [2.45, 2.75) is 32.3 Å². The zero-order valence-corrected chi connectivity index (χ0v) is 9.69. The minimum atomic E-state index is -0.586. The van der Waals surface area contributed by atoms with Gasteiger partial charge in [-0.2, -0.15) is 0 Å². The van der Waals surface area contributed by atoms with Crippen LogP contribution in [0.15, 0.2) is 6.33 Å². The molecule has 0 unspecified atom stereocenters. The predicted molar refractivity (Wildman–Crippen MR) is 58.5 cm³/mol. The van der Waals surface area contributed by atoms with Crippen molar-refractivity contribution in [3.8, 4) is 0 Å². The SMILES string of the molecule is Cn1cnnc1CCNCCC(C)(C)O. The summed E-state index contributed by atoms with van der Waals surface area (Å²) in [5, 5.41) is 20.5. The topological polar surface area (TPSA) is 63.0 Å². The quantitative estimate of drug-likeness (QED) is 0.657. The second-order valence-corrected chi connectivity index (χ2v) is 4.42. The number of aliphatic hydroxyl groups is 1. The van der Waals surface area contributed by atoms with Gasteiger partial charge in [0.2, 0.25) is 0 Å². The minimum absolute atomic E-state index is 0.586. The maximum Gasteiger partial charge on any atom is 0.133 e. The maximum atomic E-state index is 9.48. The molecular weight excluding hydrogens is 192 g/mol. The molecule has 86 valence electrons. The van der Waals surface area contributed by atoms with E-state index in [1.165, 1.54) is 0 Å². The van der Waals surface area contributed by atoms with Crippen LogP contribution in [-0.2, 0) is 13.5 Å². The summed E-state index contributed by atoms with van der Waals surface area (Å²) in [4.78, 5) is 0. The van der Waals surface area contributed by atoms with Crippen molar-refractivity contribution < 1.29 is 5.11 Å². The van der Waals surface area contributed by atoms with E-state index in [-0.39, 0.29) is 0 Å². The van der Waals surface area contributed by atoms with Crippen LogP contribution in [0.25, 0.3) is 0 Å². The molecule has 1 heterocycles. The molecule has 0 saturated heterocycles. The summed E-state index contributed by atoms with van der Waals surface area (Å²) >= 11 is 0. The van der Waals surface area contributed by atoms with E-state index >= 15 is 0 Å². The van der Waals surface area contributed by atoms with Crippen LogP contribution in [-0.4, -0.2) is 38.6 Å². The zero-order chi connectivity index (χ0) is 11.3. The number of hydrogen-bond donors (Lipinski definition) is 2. The maximum absolute atomic E-state index is 9.48. The summed E-state index contributed by atoms with van der Waals surface area (Å²) in [6.07, 6.45) is 3.32. The molecule has 15 heavy (non-hydrogen) atoms. The van der Waals surface area contributed by atoms with E-state index in [0.717, 1.165) is 31.8 Å². The minimum Gasteiger partial charge on any atom is -0.390 e. The highest BCUT2D eigenvalue weighted by atomic mass is 16.3. The van der Waals surface area contributed by atoms with Gasteiger partial charge in [0, 0.05) is 20.0 Å². The summed E-state index contributed by atoms with van der Waals surface area (Å²) in [7, 11) is 1.94. The summed E-state index contributed by atoms with van der Waals surface area (Å²) in [5.41, 5.74) is -0.586. The standard InChI is InChI=1S/C10H20N4O/c1-10(2,15)5-7-11-6-4-9-13-12-8-14(9)3/h8,11,15H,4-7H2,1-3H3. The van der Waals surface area contributed by atoms with Crippen LogP contribution in [0.5, 0.6) is 0 Å². The second kappa shape index (κ2) is 5.23. The Morgan fingerprint density at radius 2 is 2.20 bits per heavy atom. The Morgan fingerprint density at radius 3 is 2.73 bits per heavy atom. The van der Waals surface area contributed by atoms with Gasteiger partial charge in [0.25, 0.3) is 0 Å². The van der Waals surface area contributed by atoms with Crippen molar-refractivity contribution in [2.24, 2.45) is 7.05 Å². The van der Waals surface area contributed by atoms with Crippen molar-refractivity contribution >= 4 is 0 Å². The van der Waals surface area contributed by atoms with Crippen LogP contribution >= 0.6 is 0 Å². The van der Waals surface area contributed by atoms with E-state index in [1.807, 2.05) is 25.5 Å². The molecule has 0 amide bonds. The van der Waals surface area contributed by atoms with E-state index in [0.29, 0.717) is 0 Å². The average Bonchev–Trinajstić information content (AvgIpc) is 2.49. The van der Waals surface area contributed by atoms with E-state index in [4.69, 9.17) is 0 Å². The molecule has 0 fully saturated rings. The molecule has 0 saturated carbocycles. The summed E-state index contributed by atoms with van der Waals surface area (Å²) in [6.45, 7) is 5.32. The van der Waals surface area contributed by atoms with Gasteiger partial charge in [-0.3, -0.25) is 0 Å². The molecule has 2 N–H and O–H groups in total. The Kier molecular flexibility index (Phi) is 4.23. The van der Waals surface area contributed by atoms with Crippen LogP contribution in [0.3, 0.4) is 0 Å². The number of hydrogen-bond acceptors (Lipinski definition) is 4. The normalized spacial score (nSPS) is 12.0. The molecule has 1 rings (SSSR count). The highest BCUT2D eigenvalue weighted by Gasteiger charge is 2.10. The van der Waals surface area contributed by atoms with Crippen molar-refractivity contribution in [3.63, 3.8) is 0 Å². The van der Waals surface area contributed by atoms with Gasteiger partial charge in [-0.25, -0.2) is 0 Å². The van der Waals surface area contributed by atoms with Crippen LogP contribution in [0.1, 0.15) is 26.1 Å². The lowest BCUT2D eigenvalue weighted by molar-refractivity contribution is 0.0713. The van der Waals surface area contributed by atoms with Gasteiger partial charge in [-0.1, -0.05) is 0 Å². The average molecular weight is 212 g/mol. The number of aromatic nitrogens is 3. The third kappa shape index (κ3) is 4.90. The van der Waals surface area contributed by atoms with Gasteiger partial charge in [0.15, 0.2) is 0 Å². The Labute approximate surface area is 90.5 Å². The van der Waals surface area contributed by atoms with Crippen molar-refractivity contribution in [3.05, 3.63) is 12.2 Å². The Bertz CT molecular complexity index is 290. The lowest BCUT2D eigenvalue weighted by atomic mass is 10.1. The first kappa shape index (κ1) is 12.1. The molecule has 5 heteroatoms. The Hall–Kier alpha value is -0.940. The number of aryl methyl sites for hydroxylation is 1. The molecule has 0 aliphatic rings. The molecule has 0 bridgehead atoms. The molecule has 0 aliphatic heterocycles. The smallest absolute Gasteiger partial charge is 0.133 e. The van der Waals surface area contributed by atoms with E-state index in [1.54, 1.807) is 6.33 Å². The molecule has 0 radical (unpaired) electrons. The van der Waals surface area contributed by atoms with E-state index < -0.39 is 5.60 Å². The Morgan fingerprint density at radius 1 is 1.47 bits per heavy atom. The Balaban J connectivity index is 2.10. The van der Waals surface area contributed by atoms with Gasteiger partial charge >= 0.3 is 0 Å². The second-order valence-electron chi connectivity index (χ2n) is 4.42. The first-order chi connectivity index (χ1) is 6.99. The molecule has 0 aromatic carbocycles. The molecule has 5 nitrogen and oxygen atoms in total. The molecule has 1 aromatic rings. The summed E-state index contributed by atoms with van der Waals surface area (Å²) in [5.74, 6) is 0.978. The lowest BCUT2D eigenvalue weighted by Gasteiger charge is -2.16. The molecular formula is C10H20N4O. The number of nitrogens with one attached hydrogen (secondary N) is 1. The fraction of sp³-hybridized carbons (Fsp3) is 0.800. The third-order valence-electron chi connectivity index (χ3n) is 2.24. The monoisotopic (exact) mass is 212 g/mol. The first-order valence-corrected chi connectivity index (χ1v) is 5.25. The largest absolute Gasteiger partial charge is 0.390 e. The van der Waals surface area contributed by atoms with Gasteiger partial charge in [0.05, 0.1) is 5.60 Å². The highest BCUT2D eigenvalue weighted by Crippen LogP contribution is 2.04. The van der Waals surface area contributed by atoms with Crippen LogP contribution in [0, 0.1) is 0 Å². The zero-order valence-electron chi connectivity index (χ0n) is 9.69. The third-order valence-corrected chi connectivity index (χ3v) is 2.24. The predicted octanol–water partition coefficient (Wildman–Crippen LogP) is 0.108. The van der Waals surface area contributed by atoms with E-state index in [2.05, 4.69) is 15.5 Å². The summed E-state index contributed by atoms with van der Waals surface area (Å²) < 4.78 is 1.91. The van der Waals surface area contributed by atoms with Crippen molar-refractivity contribution in [1.29, 1.82) is 0 Å². The molecule has 0 spiro atoms. The van der Waals surface area contributed by atoms with Gasteiger partial charge in [-0.15, -0.1) is 10.2 Å². The van der Waals surface area contributed by atoms with E-state index in [9.17, 15) is 5.11 Å². The fourth-order valence-electron chi connectivity index (χ4n) is 1.25. The van der Waals surface area contributed by atoms with Crippen LogP contribution in [0.4, 0.5) is 0 Å². The lowest BCUT2D eigenvalue weighted by Crippen LogP contribution is -2.28. The molecule has 0 aliphatic carbocycles. The van der Waals surface area contributed by atoms with Crippen LogP contribution in [0.2, 0.25) is 0 Å². The molecule has 1 aromatic heterocycles. The van der Waals surface area contributed by atoms with Crippen molar-refractivity contribution in [2.75, 3.05) is 13.1 Å². The number of rotatable bonds is 6. The number of nitrogens with zero attached hydrogens (tertiary/aromatic N) is 3. The first-order valence-electron chi connectivity index (χ1n) is 5.25. The van der Waals surface area contributed by atoms with Gasteiger partial charge in [-0.05, 0) is 26.8 Å². The highest BCUT2D eigenvalue weighted by molar-refractivity contribution is 4.84. The van der Waals surface area contributed by atoms with Crippen molar-refractivity contribution in [1.82, 2.24) is 20.1 Å². The summed E-state index contributed by atoms with van der Waals surface area (Å²) in [6, 6.07) is 0. The molecule has 0 atom stereocenters. The van der Waals surface area contributed by atoms with Crippen LogP contribution < -0.4 is 5.32 Å². The fourth-order valence-corrected chi connectivity index (χ4v) is 1.25. The van der Waals surface area contributed by atoms with Gasteiger partial charge in [0.1, 0.15) is 12.2 Å².